The summed E-state index contributed by atoms with van der Waals surface area (Å²) in [6.07, 6.45) is 3.35. The molecule has 0 unspecified atom stereocenters. The number of nitrogens with zero attached hydrogens (tertiary/aromatic N) is 2. The van der Waals surface area contributed by atoms with E-state index in [1.165, 1.54) is 5.56 Å². The Hall–Kier alpha value is -2.41. The number of carbonyl (C=O) groups excluding carboxylic acids is 1. The average molecular weight is 269 g/mol. The van der Waals surface area contributed by atoms with Crippen LogP contribution < -0.4 is 5.43 Å². The van der Waals surface area contributed by atoms with Crippen LogP contribution in [-0.4, -0.2) is 12.1 Å². The molecule has 1 N–H and O–H groups in total. The third-order valence-corrected chi connectivity index (χ3v) is 2.69. The lowest BCUT2D eigenvalue weighted by atomic mass is 10.0. The maximum absolute atomic E-state index is 11.0. The molecule has 0 aliphatic heterocycles. The van der Waals surface area contributed by atoms with E-state index in [0.717, 1.165) is 11.1 Å². The van der Waals surface area contributed by atoms with Crippen LogP contribution in [0.15, 0.2) is 34.9 Å². The second-order valence-corrected chi connectivity index (χ2v) is 4.84. The minimum absolute atomic E-state index is 0.184. The number of allylic oxidation sites excluding steroid dienone is 1. The highest BCUT2D eigenvalue weighted by molar-refractivity contribution is 5.86. The quantitative estimate of drug-likeness (QED) is 0.658. The van der Waals surface area contributed by atoms with Gasteiger partial charge in [0, 0.05) is 0 Å². The van der Waals surface area contributed by atoms with E-state index in [9.17, 15) is 4.79 Å². The van der Waals surface area contributed by atoms with Crippen LogP contribution in [0.1, 0.15) is 44.2 Å². The fraction of sp³-hybridized carbons (Fsp3) is 0.312. The predicted octanol–water partition coefficient (Wildman–Crippen LogP) is 3.23. The molecule has 0 saturated heterocycles. The summed E-state index contributed by atoms with van der Waals surface area (Å²) in [6.45, 7) is 6.22. The molecule has 0 heterocycles. The Bertz CT molecular complexity index is 548. The van der Waals surface area contributed by atoms with E-state index >= 15 is 0 Å². The van der Waals surface area contributed by atoms with Gasteiger partial charge in [-0.3, -0.25) is 4.79 Å². The van der Waals surface area contributed by atoms with Gasteiger partial charge in [0.15, 0.2) is 0 Å². The van der Waals surface area contributed by atoms with Crippen LogP contribution in [0.5, 0.6) is 0 Å². The third-order valence-electron chi connectivity index (χ3n) is 2.69. The Morgan fingerprint density at radius 2 is 2.05 bits per heavy atom. The average Bonchev–Trinajstić information content (AvgIpc) is 2.39. The summed E-state index contributed by atoms with van der Waals surface area (Å²) in [5.74, 6) is 0.115. The van der Waals surface area contributed by atoms with Crippen molar-refractivity contribution in [3.8, 4) is 6.07 Å². The second-order valence-electron chi connectivity index (χ2n) is 4.84. The first-order valence-electron chi connectivity index (χ1n) is 6.50. The van der Waals surface area contributed by atoms with E-state index < -0.39 is 5.91 Å². The van der Waals surface area contributed by atoms with E-state index in [1.54, 1.807) is 12.3 Å². The molecule has 4 heteroatoms. The van der Waals surface area contributed by atoms with Crippen LogP contribution in [0.2, 0.25) is 0 Å². The summed E-state index contributed by atoms with van der Waals surface area (Å²) < 4.78 is 0. The number of carbonyl (C=O) groups is 1. The molecule has 1 rings (SSSR count). The van der Waals surface area contributed by atoms with Crippen LogP contribution in [0.25, 0.3) is 6.08 Å². The van der Waals surface area contributed by atoms with Crippen molar-refractivity contribution in [1.29, 1.82) is 5.26 Å². The first-order valence-corrected chi connectivity index (χ1v) is 6.50. The normalized spacial score (nSPS) is 11.7. The zero-order valence-electron chi connectivity index (χ0n) is 12.1. The van der Waals surface area contributed by atoms with E-state index in [4.69, 9.17) is 5.26 Å². The fourth-order valence-electron chi connectivity index (χ4n) is 1.59. The van der Waals surface area contributed by atoms with E-state index in [0.29, 0.717) is 5.92 Å². The molecule has 20 heavy (non-hydrogen) atoms. The van der Waals surface area contributed by atoms with Crippen LogP contribution >= 0.6 is 0 Å². The molecule has 0 spiro atoms. The largest absolute Gasteiger partial charge is 0.272 e. The van der Waals surface area contributed by atoms with Crippen molar-refractivity contribution in [3.05, 3.63) is 41.0 Å². The molecule has 1 aromatic rings. The van der Waals surface area contributed by atoms with Crippen molar-refractivity contribution >= 4 is 18.2 Å². The molecule has 0 aliphatic carbocycles. The lowest BCUT2D eigenvalue weighted by Crippen LogP contribution is -2.16. The molecule has 0 aliphatic rings. The van der Waals surface area contributed by atoms with Crippen molar-refractivity contribution in [2.24, 2.45) is 5.10 Å². The summed E-state index contributed by atoms with van der Waals surface area (Å²) in [5.41, 5.74) is 5.60. The van der Waals surface area contributed by atoms with Crippen LogP contribution in [0.3, 0.4) is 0 Å². The topological polar surface area (TPSA) is 65.2 Å². The number of nitrogens with one attached hydrogen (secondary N) is 1. The van der Waals surface area contributed by atoms with Crippen molar-refractivity contribution in [2.45, 2.75) is 33.1 Å². The fourth-order valence-corrected chi connectivity index (χ4v) is 1.59. The lowest BCUT2D eigenvalue weighted by Gasteiger charge is -2.04. The number of hydrogen-bond donors (Lipinski definition) is 1. The Kier molecular flexibility index (Phi) is 6.18. The van der Waals surface area contributed by atoms with Crippen molar-refractivity contribution in [1.82, 2.24) is 5.43 Å². The predicted molar refractivity (Wildman–Crippen MR) is 81.0 cm³/mol. The smallest absolute Gasteiger partial charge is 0.254 e. The zero-order valence-corrected chi connectivity index (χ0v) is 12.1. The number of benzene rings is 1. The molecule has 0 fully saturated rings. The molecular weight excluding hydrogens is 250 g/mol. The molecule has 4 nitrogen and oxygen atoms in total. The lowest BCUT2D eigenvalue weighted by molar-refractivity contribution is -0.120. The SMILES string of the molecule is CC(/C=N/NC(=O)CC#N)=C\c1ccc(C(C)C)cc1. The van der Waals surface area contributed by atoms with Gasteiger partial charge in [-0.1, -0.05) is 44.2 Å². The summed E-state index contributed by atoms with van der Waals surface area (Å²) in [5, 5.41) is 12.1. The molecule has 1 aromatic carbocycles. The maximum atomic E-state index is 11.0. The van der Waals surface area contributed by atoms with Gasteiger partial charge in [0.1, 0.15) is 6.42 Å². The summed E-state index contributed by atoms with van der Waals surface area (Å²) in [6, 6.07) is 10.1. The van der Waals surface area contributed by atoms with Gasteiger partial charge in [-0.2, -0.15) is 10.4 Å². The first-order chi connectivity index (χ1) is 9.52. The number of hydrogen-bond acceptors (Lipinski definition) is 3. The van der Waals surface area contributed by atoms with Crippen LogP contribution in [0.4, 0.5) is 0 Å². The first kappa shape index (κ1) is 15.6. The van der Waals surface area contributed by atoms with E-state index in [-0.39, 0.29) is 6.42 Å². The van der Waals surface area contributed by atoms with Gasteiger partial charge in [0.25, 0.3) is 5.91 Å². The number of amides is 1. The monoisotopic (exact) mass is 269 g/mol. The van der Waals surface area contributed by atoms with E-state index in [2.05, 4.69) is 48.6 Å². The molecule has 0 atom stereocenters. The Labute approximate surface area is 119 Å². The number of hydrazone groups is 1. The molecule has 104 valence electrons. The maximum Gasteiger partial charge on any atom is 0.254 e. The molecule has 0 saturated carbocycles. The number of rotatable bonds is 5. The highest BCUT2D eigenvalue weighted by Crippen LogP contribution is 2.15. The highest BCUT2D eigenvalue weighted by atomic mass is 16.2. The van der Waals surface area contributed by atoms with Crippen molar-refractivity contribution in [2.75, 3.05) is 0 Å². The van der Waals surface area contributed by atoms with Gasteiger partial charge >= 0.3 is 0 Å². The number of nitriles is 1. The summed E-state index contributed by atoms with van der Waals surface area (Å²) >= 11 is 0. The standard InChI is InChI=1S/C16H19N3O/c1-12(2)15-6-4-14(5-7-15)10-13(3)11-18-19-16(20)8-9-17/h4-7,10-12H,8H2,1-3H3,(H,19,20)/b13-10+,18-11+. The minimum atomic E-state index is -0.405. The summed E-state index contributed by atoms with van der Waals surface area (Å²) in [7, 11) is 0. The van der Waals surface area contributed by atoms with Gasteiger partial charge in [-0.05, 0) is 29.5 Å². The van der Waals surface area contributed by atoms with Gasteiger partial charge < -0.3 is 0 Å². The Balaban J connectivity index is 2.62. The molecule has 0 radical (unpaired) electrons. The van der Waals surface area contributed by atoms with Gasteiger partial charge in [-0.15, -0.1) is 0 Å². The highest BCUT2D eigenvalue weighted by Gasteiger charge is 1.98. The third kappa shape index (κ3) is 5.49. The van der Waals surface area contributed by atoms with Gasteiger partial charge in [0.2, 0.25) is 0 Å². The summed E-state index contributed by atoms with van der Waals surface area (Å²) in [4.78, 5) is 11.0. The molecule has 1 amide bonds. The molecule has 0 aromatic heterocycles. The van der Waals surface area contributed by atoms with Gasteiger partial charge in [0.05, 0.1) is 12.3 Å². The Morgan fingerprint density at radius 1 is 1.40 bits per heavy atom. The van der Waals surface area contributed by atoms with Crippen LogP contribution in [0, 0.1) is 11.3 Å². The second kappa shape index (κ2) is 7.90. The zero-order chi connectivity index (χ0) is 15.0. The van der Waals surface area contributed by atoms with Crippen molar-refractivity contribution in [3.63, 3.8) is 0 Å². The molecule has 0 bridgehead atoms. The van der Waals surface area contributed by atoms with Crippen molar-refractivity contribution < 1.29 is 4.79 Å². The van der Waals surface area contributed by atoms with E-state index in [1.807, 2.05) is 13.0 Å². The molecular formula is C16H19N3O. The minimum Gasteiger partial charge on any atom is -0.272 e. The Morgan fingerprint density at radius 3 is 2.60 bits per heavy atom. The van der Waals surface area contributed by atoms with Crippen LogP contribution in [-0.2, 0) is 4.79 Å². The van der Waals surface area contributed by atoms with Gasteiger partial charge in [-0.25, -0.2) is 5.43 Å².